The average molecular weight is 430 g/mol. The van der Waals surface area contributed by atoms with Gasteiger partial charge >= 0.3 is 0 Å². The highest BCUT2D eigenvalue weighted by atomic mass is 32.1. The number of nitrogens with zero attached hydrogens (tertiary/aromatic N) is 4. The van der Waals surface area contributed by atoms with E-state index in [1.807, 2.05) is 95.0 Å². The molecule has 156 valence electrons. The minimum absolute atomic E-state index is 0.0362. The van der Waals surface area contributed by atoms with Crippen molar-refractivity contribution < 1.29 is 4.79 Å². The minimum atomic E-state index is -0.146. The van der Waals surface area contributed by atoms with Gasteiger partial charge in [-0.05, 0) is 35.6 Å². The van der Waals surface area contributed by atoms with Gasteiger partial charge in [-0.15, -0.1) is 11.3 Å². The largest absolute Gasteiger partial charge is 0.338 e. The molecule has 1 N–H and O–H groups in total. The van der Waals surface area contributed by atoms with Crippen molar-refractivity contribution >= 4 is 28.9 Å². The fourth-order valence-electron chi connectivity index (χ4n) is 3.75. The lowest BCUT2D eigenvalue weighted by molar-refractivity contribution is 0.0552. The first-order chi connectivity index (χ1) is 15.2. The standard InChI is InChI=1S/C24H23N5OS/c1-18-8-5-6-11-20(18)27-24(26-17-25)28-13-14-29(23(30)22-12-7-15-31-22)21(16-28)19-9-3-2-4-10-19/h2-12,15,21H,13-14,16H2,1H3,(H,26,27). The van der Waals surface area contributed by atoms with Crippen LogP contribution in [0.15, 0.2) is 77.1 Å². The molecule has 0 spiro atoms. The first-order valence-corrected chi connectivity index (χ1v) is 11.0. The van der Waals surface area contributed by atoms with Gasteiger partial charge < -0.3 is 9.80 Å². The molecule has 1 aromatic heterocycles. The third-order valence-corrected chi connectivity index (χ3v) is 6.22. The zero-order valence-electron chi connectivity index (χ0n) is 17.2. The lowest BCUT2D eigenvalue weighted by atomic mass is 10.0. The van der Waals surface area contributed by atoms with Crippen LogP contribution < -0.4 is 5.32 Å². The second kappa shape index (κ2) is 9.45. The molecule has 1 atom stereocenters. The quantitative estimate of drug-likeness (QED) is 0.291. The highest BCUT2D eigenvalue weighted by Gasteiger charge is 2.33. The van der Waals surface area contributed by atoms with Gasteiger partial charge in [0.15, 0.2) is 6.19 Å². The summed E-state index contributed by atoms with van der Waals surface area (Å²) in [6.45, 7) is 3.66. The number of thiophene rings is 1. The fourth-order valence-corrected chi connectivity index (χ4v) is 4.43. The number of nitrogens with one attached hydrogen (secondary N) is 1. The smallest absolute Gasteiger partial charge is 0.264 e. The molecule has 1 saturated heterocycles. The molecule has 2 aromatic carbocycles. The van der Waals surface area contributed by atoms with Crippen molar-refractivity contribution in [1.29, 1.82) is 5.26 Å². The molecule has 1 unspecified atom stereocenters. The molecule has 4 rings (SSSR count). The van der Waals surface area contributed by atoms with Crippen molar-refractivity contribution in [1.82, 2.24) is 15.1 Å². The molecule has 3 aromatic rings. The SMILES string of the molecule is Cc1ccccc1N=C(NC#N)N1CCN(C(=O)c2cccs2)C(c2ccccc2)C1. The number of carbonyl (C=O) groups excluding carboxylic acids is 1. The topological polar surface area (TPSA) is 71.7 Å². The van der Waals surface area contributed by atoms with Gasteiger partial charge in [0.2, 0.25) is 5.96 Å². The molecule has 1 fully saturated rings. The summed E-state index contributed by atoms with van der Waals surface area (Å²) in [6, 6.07) is 21.5. The van der Waals surface area contributed by atoms with Gasteiger partial charge in [-0.1, -0.05) is 54.6 Å². The first-order valence-electron chi connectivity index (χ1n) is 10.1. The van der Waals surface area contributed by atoms with Crippen LogP contribution in [0.25, 0.3) is 0 Å². The molecule has 2 heterocycles. The molecule has 7 heteroatoms. The van der Waals surface area contributed by atoms with Crippen LogP contribution in [-0.4, -0.2) is 41.3 Å². The third-order valence-electron chi connectivity index (χ3n) is 5.37. The van der Waals surface area contributed by atoms with E-state index in [4.69, 9.17) is 4.99 Å². The number of amides is 1. The van der Waals surface area contributed by atoms with Crippen LogP contribution in [0.2, 0.25) is 0 Å². The van der Waals surface area contributed by atoms with Gasteiger partial charge in [0.1, 0.15) is 0 Å². The van der Waals surface area contributed by atoms with Crippen molar-refractivity contribution in [3.63, 3.8) is 0 Å². The van der Waals surface area contributed by atoms with Gasteiger partial charge in [0.25, 0.3) is 5.91 Å². The Labute approximate surface area is 186 Å². The Morgan fingerprint density at radius 1 is 1.10 bits per heavy atom. The molecule has 1 aliphatic heterocycles. The maximum atomic E-state index is 13.2. The van der Waals surface area contributed by atoms with Crippen LogP contribution in [-0.2, 0) is 0 Å². The van der Waals surface area contributed by atoms with E-state index in [2.05, 4.69) is 5.32 Å². The van der Waals surface area contributed by atoms with Crippen molar-refractivity contribution in [2.75, 3.05) is 19.6 Å². The van der Waals surface area contributed by atoms with E-state index in [9.17, 15) is 10.1 Å². The van der Waals surface area contributed by atoms with Crippen molar-refractivity contribution in [3.05, 3.63) is 88.1 Å². The van der Waals surface area contributed by atoms with Crippen LogP contribution in [0.4, 0.5) is 5.69 Å². The predicted molar refractivity (Wildman–Crippen MR) is 123 cm³/mol. The van der Waals surface area contributed by atoms with E-state index in [1.54, 1.807) is 0 Å². The summed E-state index contributed by atoms with van der Waals surface area (Å²) in [6.07, 6.45) is 2.01. The minimum Gasteiger partial charge on any atom is -0.338 e. The normalized spacial score (nSPS) is 16.6. The van der Waals surface area contributed by atoms with E-state index >= 15 is 0 Å². The van der Waals surface area contributed by atoms with E-state index in [1.165, 1.54) is 11.3 Å². The summed E-state index contributed by atoms with van der Waals surface area (Å²) in [5.74, 6) is 0.537. The number of hydrogen-bond donors (Lipinski definition) is 1. The summed E-state index contributed by atoms with van der Waals surface area (Å²) >= 11 is 1.46. The van der Waals surface area contributed by atoms with Gasteiger partial charge in [-0.2, -0.15) is 5.26 Å². The molecule has 0 radical (unpaired) electrons. The molecular weight excluding hydrogens is 406 g/mol. The highest BCUT2D eigenvalue weighted by Crippen LogP contribution is 2.29. The van der Waals surface area contributed by atoms with Gasteiger partial charge in [0.05, 0.1) is 16.6 Å². The van der Waals surface area contributed by atoms with Crippen LogP contribution in [0.3, 0.4) is 0 Å². The number of nitriles is 1. The number of aryl methyl sites for hydroxylation is 1. The number of carbonyl (C=O) groups is 1. The number of benzene rings is 2. The van der Waals surface area contributed by atoms with Crippen LogP contribution in [0, 0.1) is 18.4 Å². The molecule has 0 aliphatic carbocycles. The molecule has 6 nitrogen and oxygen atoms in total. The summed E-state index contributed by atoms with van der Waals surface area (Å²) in [5, 5.41) is 14.0. The Hall–Kier alpha value is -3.63. The Morgan fingerprint density at radius 3 is 2.58 bits per heavy atom. The number of piperazine rings is 1. The van der Waals surface area contributed by atoms with Gasteiger partial charge in [-0.25, -0.2) is 4.99 Å². The Balaban J connectivity index is 1.66. The van der Waals surface area contributed by atoms with Gasteiger partial charge in [0, 0.05) is 19.6 Å². The third kappa shape index (κ3) is 4.60. The molecule has 1 aliphatic rings. The van der Waals surface area contributed by atoms with Crippen molar-refractivity contribution in [3.8, 4) is 6.19 Å². The number of aliphatic imine (C=N–C) groups is 1. The molecule has 1 amide bonds. The lowest BCUT2D eigenvalue weighted by Gasteiger charge is -2.42. The number of guanidine groups is 1. The highest BCUT2D eigenvalue weighted by molar-refractivity contribution is 7.12. The molecular formula is C24H23N5OS. The van der Waals surface area contributed by atoms with Crippen molar-refractivity contribution in [2.24, 2.45) is 4.99 Å². The predicted octanol–water partition coefficient (Wildman–Crippen LogP) is 4.31. The monoisotopic (exact) mass is 429 g/mol. The average Bonchev–Trinajstić information content (AvgIpc) is 3.35. The summed E-state index contributed by atoms with van der Waals surface area (Å²) in [5.41, 5.74) is 2.91. The summed E-state index contributed by atoms with van der Waals surface area (Å²) in [4.78, 5) is 22.6. The second-order valence-electron chi connectivity index (χ2n) is 7.31. The Bertz CT molecular complexity index is 1100. The number of rotatable bonds is 3. The number of para-hydroxylation sites is 1. The lowest BCUT2D eigenvalue weighted by Crippen LogP contribution is -2.54. The van der Waals surface area contributed by atoms with E-state index in [0.717, 1.165) is 21.7 Å². The Morgan fingerprint density at radius 2 is 1.87 bits per heavy atom. The zero-order chi connectivity index (χ0) is 21.6. The zero-order valence-corrected chi connectivity index (χ0v) is 18.0. The van der Waals surface area contributed by atoms with Gasteiger partial charge in [-0.3, -0.25) is 10.1 Å². The van der Waals surface area contributed by atoms with Crippen LogP contribution in [0.5, 0.6) is 0 Å². The number of hydrogen-bond acceptors (Lipinski definition) is 4. The molecule has 31 heavy (non-hydrogen) atoms. The molecule has 0 saturated carbocycles. The summed E-state index contributed by atoms with van der Waals surface area (Å²) < 4.78 is 0. The second-order valence-corrected chi connectivity index (χ2v) is 8.25. The maximum Gasteiger partial charge on any atom is 0.264 e. The van der Waals surface area contributed by atoms with E-state index in [-0.39, 0.29) is 11.9 Å². The maximum absolute atomic E-state index is 13.2. The molecule has 0 bridgehead atoms. The van der Waals surface area contributed by atoms with Crippen LogP contribution >= 0.6 is 11.3 Å². The van der Waals surface area contributed by atoms with E-state index in [0.29, 0.717) is 25.6 Å². The fraction of sp³-hybridized carbons (Fsp3) is 0.208. The first kappa shape index (κ1) is 20.6. The van der Waals surface area contributed by atoms with Crippen molar-refractivity contribution in [2.45, 2.75) is 13.0 Å². The van der Waals surface area contributed by atoms with E-state index < -0.39 is 0 Å². The van der Waals surface area contributed by atoms with Crippen LogP contribution in [0.1, 0.15) is 26.8 Å². The summed E-state index contributed by atoms with van der Waals surface area (Å²) in [7, 11) is 0. The Kier molecular flexibility index (Phi) is 6.29.